The van der Waals surface area contributed by atoms with Crippen molar-refractivity contribution < 1.29 is 14.3 Å². The predicted molar refractivity (Wildman–Crippen MR) is 134 cm³/mol. The summed E-state index contributed by atoms with van der Waals surface area (Å²) in [7, 11) is 0. The monoisotopic (exact) mass is 539 g/mol. The fourth-order valence-corrected chi connectivity index (χ4v) is 4.11. The molecule has 0 saturated heterocycles. The van der Waals surface area contributed by atoms with Crippen LogP contribution in [0.4, 0.5) is 5.69 Å². The Labute approximate surface area is 199 Å². The third-order valence-electron chi connectivity index (χ3n) is 5.30. The number of esters is 1. The van der Waals surface area contributed by atoms with Crippen molar-refractivity contribution in [1.82, 2.24) is 9.55 Å². The molecule has 1 aromatic heterocycles. The van der Waals surface area contributed by atoms with Gasteiger partial charge >= 0.3 is 5.97 Å². The van der Waals surface area contributed by atoms with Gasteiger partial charge in [-0.2, -0.15) is 0 Å². The van der Waals surface area contributed by atoms with Crippen LogP contribution in [-0.4, -0.2) is 28.0 Å². The van der Waals surface area contributed by atoms with Gasteiger partial charge in [0.15, 0.2) is 0 Å². The molecular formula is C25H22IN3O3. The predicted octanol–water partition coefficient (Wildman–Crippen LogP) is 5.68. The van der Waals surface area contributed by atoms with Crippen LogP contribution >= 0.6 is 22.6 Å². The van der Waals surface area contributed by atoms with Crippen molar-refractivity contribution in [2.75, 3.05) is 11.9 Å². The fraction of sp³-hybridized carbons (Fsp3) is 0.160. The first kappa shape index (κ1) is 22.0. The van der Waals surface area contributed by atoms with Crippen molar-refractivity contribution in [3.8, 4) is 5.69 Å². The fourth-order valence-electron chi connectivity index (χ4n) is 3.48. The molecule has 6 nitrogen and oxygen atoms in total. The maximum absolute atomic E-state index is 13.1. The number of amides is 1. The summed E-state index contributed by atoms with van der Waals surface area (Å²) >= 11 is 2.13. The van der Waals surface area contributed by atoms with Gasteiger partial charge in [0.1, 0.15) is 6.33 Å². The molecule has 0 unspecified atom stereocenters. The first-order valence-electron chi connectivity index (χ1n) is 10.2. The molecular weight excluding hydrogens is 517 g/mol. The van der Waals surface area contributed by atoms with E-state index < -0.39 is 5.97 Å². The Bertz CT molecular complexity index is 1340. The molecule has 0 bridgehead atoms. The van der Waals surface area contributed by atoms with E-state index in [4.69, 9.17) is 4.74 Å². The van der Waals surface area contributed by atoms with Crippen molar-refractivity contribution in [1.29, 1.82) is 0 Å². The first-order valence-corrected chi connectivity index (χ1v) is 11.3. The number of aromatic nitrogens is 2. The lowest BCUT2D eigenvalue weighted by molar-refractivity contribution is 0.0526. The number of hydrogen-bond donors (Lipinski definition) is 1. The average Bonchev–Trinajstić information content (AvgIpc) is 3.16. The molecule has 1 amide bonds. The normalized spacial score (nSPS) is 10.9. The number of carbonyl (C=O) groups excluding carboxylic acids is 2. The standard InChI is InChI=1S/C25H22IN3O3/c1-4-32-25(31)17-9-10-22(29-14-27-20-11-15(2)16(3)12-23(20)29)21(13-17)28-24(30)18-7-5-6-8-19(18)26/h5-14H,4H2,1-3H3,(H,28,30). The van der Waals surface area contributed by atoms with Gasteiger partial charge < -0.3 is 10.1 Å². The number of hydrogen-bond acceptors (Lipinski definition) is 4. The zero-order valence-electron chi connectivity index (χ0n) is 18.0. The SMILES string of the molecule is CCOC(=O)c1ccc(-n2cnc3cc(C)c(C)cc32)c(NC(=O)c2ccccc2I)c1. The van der Waals surface area contributed by atoms with Gasteiger partial charge in [0, 0.05) is 3.57 Å². The summed E-state index contributed by atoms with van der Waals surface area (Å²) in [6.45, 7) is 6.13. The largest absolute Gasteiger partial charge is 0.462 e. The van der Waals surface area contributed by atoms with Crippen molar-refractivity contribution in [3.63, 3.8) is 0 Å². The molecule has 0 spiro atoms. The number of benzene rings is 3. The van der Waals surface area contributed by atoms with Crippen molar-refractivity contribution >= 4 is 51.2 Å². The van der Waals surface area contributed by atoms with Crippen LogP contribution < -0.4 is 5.32 Å². The molecule has 0 aliphatic rings. The van der Waals surface area contributed by atoms with Gasteiger partial charge in [0.25, 0.3) is 5.91 Å². The van der Waals surface area contributed by atoms with Gasteiger partial charge in [-0.3, -0.25) is 9.36 Å². The Morgan fingerprint density at radius 2 is 1.81 bits per heavy atom. The summed E-state index contributed by atoms with van der Waals surface area (Å²) in [5.74, 6) is -0.695. The summed E-state index contributed by atoms with van der Waals surface area (Å²) in [6.07, 6.45) is 1.73. The molecule has 0 atom stereocenters. The van der Waals surface area contributed by atoms with Crippen LogP contribution in [0, 0.1) is 17.4 Å². The van der Waals surface area contributed by atoms with E-state index in [-0.39, 0.29) is 12.5 Å². The smallest absolute Gasteiger partial charge is 0.338 e. The minimum atomic E-state index is -0.439. The second-order valence-corrected chi connectivity index (χ2v) is 8.59. The molecule has 0 saturated carbocycles. The Kier molecular flexibility index (Phi) is 6.27. The molecule has 4 rings (SSSR count). The Hall–Kier alpha value is -3.20. The molecule has 1 heterocycles. The lowest BCUT2D eigenvalue weighted by Gasteiger charge is -2.15. The van der Waals surface area contributed by atoms with E-state index in [0.717, 1.165) is 25.7 Å². The van der Waals surface area contributed by atoms with Crippen molar-refractivity contribution in [2.24, 2.45) is 0 Å². The number of nitrogens with one attached hydrogen (secondary N) is 1. The van der Waals surface area contributed by atoms with Gasteiger partial charge in [-0.05, 0) is 97.0 Å². The molecule has 7 heteroatoms. The van der Waals surface area contributed by atoms with Crippen LogP contribution in [0.25, 0.3) is 16.7 Å². The van der Waals surface area contributed by atoms with Crippen LogP contribution in [0.1, 0.15) is 38.8 Å². The third kappa shape index (κ3) is 4.25. The Morgan fingerprint density at radius 1 is 1.06 bits per heavy atom. The number of carbonyl (C=O) groups is 2. The summed E-state index contributed by atoms with van der Waals surface area (Å²) < 4.78 is 7.91. The third-order valence-corrected chi connectivity index (χ3v) is 6.24. The molecule has 1 N–H and O–H groups in total. The summed E-state index contributed by atoms with van der Waals surface area (Å²) in [4.78, 5) is 29.9. The maximum atomic E-state index is 13.1. The second-order valence-electron chi connectivity index (χ2n) is 7.43. The highest BCUT2D eigenvalue weighted by Crippen LogP contribution is 2.28. The highest BCUT2D eigenvalue weighted by Gasteiger charge is 2.17. The van der Waals surface area contributed by atoms with Crippen LogP contribution in [0.3, 0.4) is 0 Å². The molecule has 0 fully saturated rings. The average molecular weight is 539 g/mol. The maximum Gasteiger partial charge on any atom is 0.338 e. The van der Waals surface area contributed by atoms with E-state index >= 15 is 0 Å². The number of aryl methyl sites for hydroxylation is 2. The number of ether oxygens (including phenoxy) is 1. The van der Waals surface area contributed by atoms with Crippen LogP contribution in [0.15, 0.2) is 60.9 Å². The zero-order chi connectivity index (χ0) is 22.8. The molecule has 3 aromatic carbocycles. The number of rotatable bonds is 5. The second kappa shape index (κ2) is 9.12. The van der Waals surface area contributed by atoms with E-state index in [1.54, 1.807) is 37.5 Å². The zero-order valence-corrected chi connectivity index (χ0v) is 20.1. The van der Waals surface area contributed by atoms with Gasteiger partial charge in [0.2, 0.25) is 0 Å². The minimum Gasteiger partial charge on any atom is -0.462 e. The Morgan fingerprint density at radius 3 is 2.56 bits per heavy atom. The summed E-state index contributed by atoms with van der Waals surface area (Å²) in [5, 5.41) is 2.98. The van der Waals surface area contributed by atoms with E-state index in [9.17, 15) is 9.59 Å². The highest BCUT2D eigenvalue weighted by atomic mass is 127. The lowest BCUT2D eigenvalue weighted by atomic mass is 10.1. The molecule has 4 aromatic rings. The molecule has 0 aliphatic heterocycles. The summed E-state index contributed by atoms with van der Waals surface area (Å²) in [6, 6.07) is 16.6. The van der Waals surface area contributed by atoms with Gasteiger partial charge in [-0.15, -0.1) is 0 Å². The van der Waals surface area contributed by atoms with Crippen LogP contribution in [0.5, 0.6) is 0 Å². The van der Waals surface area contributed by atoms with Crippen molar-refractivity contribution in [3.05, 3.63) is 86.7 Å². The number of imidazole rings is 1. The number of anilines is 1. The van der Waals surface area contributed by atoms with Crippen LogP contribution in [-0.2, 0) is 4.74 Å². The van der Waals surface area contributed by atoms with E-state index in [2.05, 4.69) is 52.8 Å². The van der Waals surface area contributed by atoms with E-state index in [1.807, 2.05) is 28.8 Å². The lowest BCUT2D eigenvalue weighted by Crippen LogP contribution is -2.16. The number of fused-ring (bicyclic) bond motifs is 1. The topological polar surface area (TPSA) is 73.2 Å². The first-order chi connectivity index (χ1) is 15.4. The van der Waals surface area contributed by atoms with Gasteiger partial charge in [-0.1, -0.05) is 12.1 Å². The summed E-state index contributed by atoms with van der Waals surface area (Å²) in [5.41, 5.74) is 6.21. The van der Waals surface area contributed by atoms with Crippen LogP contribution in [0.2, 0.25) is 0 Å². The van der Waals surface area contributed by atoms with Gasteiger partial charge in [0.05, 0.1) is 40.1 Å². The highest BCUT2D eigenvalue weighted by molar-refractivity contribution is 14.1. The quantitative estimate of drug-likeness (QED) is 0.262. The van der Waals surface area contributed by atoms with E-state index in [1.165, 1.54) is 0 Å². The minimum absolute atomic E-state index is 0.256. The molecule has 32 heavy (non-hydrogen) atoms. The van der Waals surface area contributed by atoms with E-state index in [0.29, 0.717) is 22.5 Å². The number of halogens is 1. The molecule has 0 aliphatic carbocycles. The van der Waals surface area contributed by atoms with Crippen molar-refractivity contribution in [2.45, 2.75) is 20.8 Å². The number of nitrogens with zero attached hydrogens (tertiary/aromatic N) is 2. The molecule has 0 radical (unpaired) electrons. The Balaban J connectivity index is 1.84. The molecule has 162 valence electrons. The van der Waals surface area contributed by atoms with Gasteiger partial charge in [-0.25, -0.2) is 9.78 Å².